The molecule has 6 nitrogen and oxygen atoms in total. The van der Waals surface area contributed by atoms with Gasteiger partial charge in [-0.15, -0.1) is 0 Å². The highest BCUT2D eigenvalue weighted by Gasteiger charge is 2.17. The first-order valence-corrected chi connectivity index (χ1v) is 3.82. The standard InChI is InChI=1S/C7H11N3O3/c1-6-7(10(11)12)9(5-8-6)3-4-13-2/h5H,3-4H2,1-2H3. The van der Waals surface area contributed by atoms with Gasteiger partial charge in [-0.25, -0.2) is 9.55 Å². The number of imidazole rings is 1. The van der Waals surface area contributed by atoms with Gasteiger partial charge in [-0.1, -0.05) is 0 Å². The number of rotatable bonds is 4. The zero-order valence-corrected chi connectivity index (χ0v) is 7.56. The molecule has 0 amide bonds. The van der Waals surface area contributed by atoms with Crippen LogP contribution in [0.1, 0.15) is 5.69 Å². The van der Waals surface area contributed by atoms with Crippen LogP contribution in [0.15, 0.2) is 6.33 Å². The molecule has 0 unspecified atom stereocenters. The molecule has 0 N–H and O–H groups in total. The van der Waals surface area contributed by atoms with Crippen LogP contribution in [0.25, 0.3) is 0 Å². The van der Waals surface area contributed by atoms with Gasteiger partial charge in [0.15, 0.2) is 6.33 Å². The molecule has 1 aromatic rings. The van der Waals surface area contributed by atoms with Crippen molar-refractivity contribution in [2.45, 2.75) is 13.5 Å². The van der Waals surface area contributed by atoms with E-state index >= 15 is 0 Å². The summed E-state index contributed by atoms with van der Waals surface area (Å²) in [5, 5.41) is 10.6. The lowest BCUT2D eigenvalue weighted by molar-refractivity contribution is -0.392. The van der Waals surface area contributed by atoms with E-state index < -0.39 is 4.92 Å². The summed E-state index contributed by atoms with van der Waals surface area (Å²) in [5.41, 5.74) is 0.432. The van der Waals surface area contributed by atoms with E-state index in [4.69, 9.17) is 4.74 Å². The SMILES string of the molecule is COCCn1cnc(C)c1[N+](=O)[O-]. The van der Waals surface area contributed by atoms with Crippen LogP contribution in [-0.2, 0) is 11.3 Å². The second-order valence-corrected chi connectivity index (χ2v) is 2.60. The first-order chi connectivity index (χ1) is 6.16. The smallest absolute Gasteiger partial charge is 0.345 e. The molecule has 0 atom stereocenters. The Balaban J connectivity index is 2.87. The van der Waals surface area contributed by atoms with Crippen LogP contribution in [0.4, 0.5) is 5.82 Å². The molecular weight excluding hydrogens is 174 g/mol. The maximum absolute atomic E-state index is 10.6. The van der Waals surface area contributed by atoms with Crippen LogP contribution in [0.2, 0.25) is 0 Å². The Morgan fingerprint density at radius 3 is 3.00 bits per heavy atom. The molecule has 0 aliphatic heterocycles. The van der Waals surface area contributed by atoms with Crippen molar-refractivity contribution < 1.29 is 9.66 Å². The van der Waals surface area contributed by atoms with Gasteiger partial charge in [-0.3, -0.25) is 0 Å². The van der Waals surface area contributed by atoms with E-state index in [1.807, 2.05) is 0 Å². The number of ether oxygens (including phenoxy) is 1. The summed E-state index contributed by atoms with van der Waals surface area (Å²) in [6.07, 6.45) is 1.45. The molecule has 0 spiro atoms. The monoisotopic (exact) mass is 185 g/mol. The third-order valence-electron chi connectivity index (χ3n) is 1.70. The van der Waals surface area contributed by atoms with Gasteiger partial charge in [0.1, 0.15) is 12.2 Å². The quantitative estimate of drug-likeness (QED) is 0.512. The Labute approximate surface area is 75.3 Å². The van der Waals surface area contributed by atoms with E-state index in [2.05, 4.69) is 4.98 Å². The summed E-state index contributed by atoms with van der Waals surface area (Å²) < 4.78 is 6.29. The fourth-order valence-corrected chi connectivity index (χ4v) is 1.07. The van der Waals surface area contributed by atoms with Crippen LogP contribution in [0.5, 0.6) is 0 Å². The molecule has 0 aliphatic carbocycles. The topological polar surface area (TPSA) is 70.2 Å². The third kappa shape index (κ3) is 2.03. The summed E-state index contributed by atoms with van der Waals surface area (Å²) in [5.74, 6) is 0.0389. The molecule has 1 heterocycles. The first-order valence-electron chi connectivity index (χ1n) is 3.82. The molecule has 0 bridgehead atoms. The van der Waals surface area contributed by atoms with Crippen LogP contribution in [-0.4, -0.2) is 28.2 Å². The van der Waals surface area contributed by atoms with Gasteiger partial charge in [0.2, 0.25) is 0 Å². The predicted molar refractivity (Wildman–Crippen MR) is 45.5 cm³/mol. The Morgan fingerprint density at radius 1 is 1.77 bits per heavy atom. The maximum Gasteiger partial charge on any atom is 0.345 e. The minimum absolute atomic E-state index is 0.0389. The van der Waals surface area contributed by atoms with Crippen molar-refractivity contribution in [2.24, 2.45) is 0 Å². The number of hydrogen-bond acceptors (Lipinski definition) is 4. The van der Waals surface area contributed by atoms with Crippen molar-refractivity contribution in [3.05, 3.63) is 22.1 Å². The van der Waals surface area contributed by atoms with E-state index in [1.165, 1.54) is 10.9 Å². The lowest BCUT2D eigenvalue weighted by Crippen LogP contribution is -2.06. The summed E-state index contributed by atoms with van der Waals surface area (Å²) in [6.45, 7) is 2.51. The van der Waals surface area contributed by atoms with Crippen molar-refractivity contribution in [2.75, 3.05) is 13.7 Å². The van der Waals surface area contributed by atoms with Gasteiger partial charge in [0.25, 0.3) is 0 Å². The second kappa shape index (κ2) is 3.99. The van der Waals surface area contributed by atoms with Crippen LogP contribution >= 0.6 is 0 Å². The Morgan fingerprint density at radius 2 is 2.46 bits per heavy atom. The normalized spacial score (nSPS) is 10.3. The van der Waals surface area contributed by atoms with E-state index in [-0.39, 0.29) is 5.82 Å². The number of methoxy groups -OCH3 is 1. The molecule has 1 rings (SSSR count). The van der Waals surface area contributed by atoms with Gasteiger partial charge in [0, 0.05) is 7.11 Å². The maximum atomic E-state index is 10.6. The lowest BCUT2D eigenvalue weighted by Gasteiger charge is -1.99. The van der Waals surface area contributed by atoms with Gasteiger partial charge in [0.05, 0.1) is 6.61 Å². The zero-order chi connectivity index (χ0) is 9.84. The molecular formula is C7H11N3O3. The van der Waals surface area contributed by atoms with Crippen molar-refractivity contribution >= 4 is 5.82 Å². The van der Waals surface area contributed by atoms with Gasteiger partial charge >= 0.3 is 5.82 Å². The molecule has 0 aromatic carbocycles. The third-order valence-corrected chi connectivity index (χ3v) is 1.70. The van der Waals surface area contributed by atoms with E-state index in [1.54, 1.807) is 14.0 Å². The molecule has 6 heteroatoms. The highest BCUT2D eigenvalue weighted by molar-refractivity contribution is 5.26. The summed E-state index contributed by atoms with van der Waals surface area (Å²) in [4.78, 5) is 14.0. The molecule has 1 aromatic heterocycles. The zero-order valence-electron chi connectivity index (χ0n) is 7.56. The number of nitro groups is 1. The Kier molecular flexibility index (Phi) is 2.97. The average Bonchev–Trinajstić information content (AvgIpc) is 2.43. The fraction of sp³-hybridized carbons (Fsp3) is 0.571. The average molecular weight is 185 g/mol. The Hall–Kier alpha value is -1.43. The highest BCUT2D eigenvalue weighted by Crippen LogP contribution is 2.15. The van der Waals surface area contributed by atoms with Gasteiger partial charge in [-0.05, 0) is 11.8 Å². The van der Waals surface area contributed by atoms with Gasteiger partial charge in [-0.2, -0.15) is 0 Å². The van der Waals surface area contributed by atoms with Gasteiger partial charge < -0.3 is 14.9 Å². The number of nitrogens with zero attached hydrogens (tertiary/aromatic N) is 3. The molecule has 0 fully saturated rings. The van der Waals surface area contributed by atoms with Crippen molar-refractivity contribution in [1.29, 1.82) is 0 Å². The van der Waals surface area contributed by atoms with Crippen molar-refractivity contribution in [1.82, 2.24) is 9.55 Å². The van der Waals surface area contributed by atoms with E-state index in [0.717, 1.165) is 0 Å². The van der Waals surface area contributed by atoms with Crippen molar-refractivity contribution in [3.63, 3.8) is 0 Å². The molecule has 72 valence electrons. The van der Waals surface area contributed by atoms with Crippen LogP contribution in [0.3, 0.4) is 0 Å². The molecule has 0 saturated heterocycles. The minimum Gasteiger partial charge on any atom is -0.381 e. The largest absolute Gasteiger partial charge is 0.381 e. The lowest BCUT2D eigenvalue weighted by atomic mass is 10.5. The number of aryl methyl sites for hydroxylation is 1. The first kappa shape index (κ1) is 9.66. The highest BCUT2D eigenvalue weighted by atomic mass is 16.6. The summed E-state index contributed by atoms with van der Waals surface area (Å²) in [7, 11) is 1.55. The Bertz CT molecular complexity index is 308. The second-order valence-electron chi connectivity index (χ2n) is 2.60. The number of aromatic nitrogens is 2. The van der Waals surface area contributed by atoms with E-state index in [0.29, 0.717) is 18.8 Å². The fourth-order valence-electron chi connectivity index (χ4n) is 1.07. The van der Waals surface area contributed by atoms with E-state index in [9.17, 15) is 10.1 Å². The minimum atomic E-state index is -0.433. The molecule has 0 saturated carbocycles. The van der Waals surface area contributed by atoms with Crippen LogP contribution in [0, 0.1) is 17.0 Å². The molecule has 13 heavy (non-hydrogen) atoms. The number of hydrogen-bond donors (Lipinski definition) is 0. The van der Waals surface area contributed by atoms with Crippen molar-refractivity contribution in [3.8, 4) is 0 Å². The van der Waals surface area contributed by atoms with Crippen LogP contribution < -0.4 is 0 Å². The molecule has 0 aliphatic rings. The summed E-state index contributed by atoms with van der Waals surface area (Å²) in [6, 6.07) is 0. The summed E-state index contributed by atoms with van der Waals surface area (Å²) >= 11 is 0. The predicted octanol–water partition coefficient (Wildman–Crippen LogP) is 0.746. The molecule has 0 radical (unpaired) electrons.